The maximum Gasteiger partial charge on any atom is 0.404 e. The van der Waals surface area contributed by atoms with Gasteiger partial charge in [0.15, 0.2) is 0 Å². The minimum absolute atomic E-state index is 0.247. The lowest BCUT2D eigenvalue weighted by Gasteiger charge is -2.12. The molecule has 1 aromatic heterocycles. The van der Waals surface area contributed by atoms with Crippen LogP contribution in [0.2, 0.25) is 0 Å². The molecule has 0 saturated carbocycles. The van der Waals surface area contributed by atoms with Crippen LogP contribution in [0.25, 0.3) is 0 Å². The number of primary amides is 1. The predicted molar refractivity (Wildman–Crippen MR) is 67.5 cm³/mol. The van der Waals surface area contributed by atoms with Gasteiger partial charge in [0.2, 0.25) is 0 Å². The van der Waals surface area contributed by atoms with Crippen LogP contribution in [0.3, 0.4) is 0 Å². The molecule has 1 aromatic rings. The molecule has 0 fully saturated rings. The summed E-state index contributed by atoms with van der Waals surface area (Å²) in [5.41, 5.74) is 7.78. The molecular formula is C12H19N3O3. The number of carbonyl (C=O) groups is 1. The van der Waals surface area contributed by atoms with Crippen molar-refractivity contribution >= 4 is 6.09 Å². The Hall–Kier alpha value is -1.82. The molecule has 100 valence electrons. The Bertz CT molecular complexity index is 421. The number of nitrogens with two attached hydrogens (primary N) is 1. The van der Waals surface area contributed by atoms with Gasteiger partial charge in [0.1, 0.15) is 12.4 Å². The zero-order valence-electron chi connectivity index (χ0n) is 10.9. The smallest absolute Gasteiger partial charge is 0.404 e. The van der Waals surface area contributed by atoms with E-state index in [1.165, 1.54) is 0 Å². The third kappa shape index (κ3) is 3.89. The number of nitrogens with zero attached hydrogens (tertiary/aromatic N) is 1. The van der Waals surface area contributed by atoms with E-state index in [9.17, 15) is 4.79 Å². The summed E-state index contributed by atoms with van der Waals surface area (Å²) >= 11 is 0. The minimum atomic E-state index is -0.761. The van der Waals surface area contributed by atoms with Crippen molar-refractivity contribution in [2.45, 2.75) is 20.4 Å². The summed E-state index contributed by atoms with van der Waals surface area (Å²) in [5, 5.41) is 3.12. The summed E-state index contributed by atoms with van der Waals surface area (Å²) in [6, 6.07) is 0. The van der Waals surface area contributed by atoms with Gasteiger partial charge < -0.3 is 20.5 Å². The van der Waals surface area contributed by atoms with E-state index in [0.29, 0.717) is 13.1 Å². The fraction of sp³-hybridized carbons (Fsp3) is 0.500. The molecule has 0 bridgehead atoms. The van der Waals surface area contributed by atoms with E-state index in [4.69, 9.17) is 10.5 Å². The van der Waals surface area contributed by atoms with Crippen molar-refractivity contribution in [2.75, 3.05) is 20.3 Å². The van der Waals surface area contributed by atoms with Gasteiger partial charge in [-0.1, -0.05) is 0 Å². The highest BCUT2D eigenvalue weighted by Crippen LogP contribution is 2.23. The molecule has 0 aliphatic heterocycles. The molecule has 1 heterocycles. The largest absolute Gasteiger partial charge is 0.496 e. The molecule has 0 aromatic carbocycles. The number of hydrogen-bond acceptors (Lipinski definition) is 5. The first-order valence-corrected chi connectivity index (χ1v) is 5.68. The lowest BCUT2D eigenvalue weighted by atomic mass is 10.1. The Morgan fingerprint density at radius 2 is 2.22 bits per heavy atom. The monoisotopic (exact) mass is 253 g/mol. The first kappa shape index (κ1) is 14.2. The van der Waals surface area contributed by atoms with Crippen molar-refractivity contribution in [1.82, 2.24) is 10.3 Å². The number of nitrogens with one attached hydrogen (secondary N) is 1. The Kier molecular flexibility index (Phi) is 5.38. The fourth-order valence-corrected chi connectivity index (χ4v) is 1.68. The number of aromatic nitrogens is 1. The second-order valence-corrected chi connectivity index (χ2v) is 3.89. The van der Waals surface area contributed by atoms with Gasteiger partial charge in [-0.05, 0) is 13.8 Å². The highest BCUT2D eigenvalue weighted by Gasteiger charge is 2.08. The molecule has 0 aliphatic rings. The summed E-state index contributed by atoms with van der Waals surface area (Å²) in [5.74, 6) is 0.857. The Labute approximate surface area is 106 Å². The number of amides is 1. The van der Waals surface area contributed by atoms with E-state index in [-0.39, 0.29) is 6.61 Å². The van der Waals surface area contributed by atoms with Crippen LogP contribution in [0.1, 0.15) is 16.8 Å². The number of methoxy groups -OCH3 is 1. The zero-order chi connectivity index (χ0) is 13.5. The number of ether oxygens (including phenoxy) is 2. The third-order valence-corrected chi connectivity index (χ3v) is 2.57. The van der Waals surface area contributed by atoms with Crippen molar-refractivity contribution in [1.29, 1.82) is 0 Å². The molecular weight excluding hydrogens is 234 g/mol. The number of hydrogen-bond donors (Lipinski definition) is 2. The lowest BCUT2D eigenvalue weighted by Crippen LogP contribution is -2.24. The van der Waals surface area contributed by atoms with E-state index in [2.05, 4.69) is 15.0 Å². The highest BCUT2D eigenvalue weighted by molar-refractivity contribution is 5.64. The molecule has 0 spiro atoms. The molecule has 18 heavy (non-hydrogen) atoms. The van der Waals surface area contributed by atoms with Gasteiger partial charge in [-0.2, -0.15) is 0 Å². The molecule has 6 nitrogen and oxygen atoms in total. The van der Waals surface area contributed by atoms with E-state index >= 15 is 0 Å². The SMILES string of the molecule is COc1c(C)cnc(CNCCOC(N)=O)c1C. The van der Waals surface area contributed by atoms with Gasteiger partial charge in [-0.15, -0.1) is 0 Å². The van der Waals surface area contributed by atoms with Crippen LogP contribution in [0, 0.1) is 13.8 Å². The highest BCUT2D eigenvalue weighted by atomic mass is 16.5. The molecule has 0 aliphatic carbocycles. The van der Waals surface area contributed by atoms with Crippen LogP contribution in [0.5, 0.6) is 5.75 Å². The maximum absolute atomic E-state index is 10.4. The summed E-state index contributed by atoms with van der Waals surface area (Å²) in [7, 11) is 1.65. The minimum Gasteiger partial charge on any atom is -0.496 e. The second-order valence-electron chi connectivity index (χ2n) is 3.89. The Morgan fingerprint density at radius 3 is 2.83 bits per heavy atom. The second kappa shape index (κ2) is 6.80. The number of carbonyl (C=O) groups excluding carboxylic acids is 1. The first-order valence-electron chi connectivity index (χ1n) is 5.68. The lowest BCUT2D eigenvalue weighted by molar-refractivity contribution is 0.157. The molecule has 0 saturated heterocycles. The zero-order valence-corrected chi connectivity index (χ0v) is 10.9. The van der Waals surface area contributed by atoms with E-state index in [1.54, 1.807) is 13.3 Å². The normalized spacial score (nSPS) is 10.2. The van der Waals surface area contributed by atoms with E-state index < -0.39 is 6.09 Å². The quantitative estimate of drug-likeness (QED) is 0.735. The van der Waals surface area contributed by atoms with Gasteiger partial charge in [-0.25, -0.2) is 4.79 Å². The van der Waals surface area contributed by atoms with Gasteiger partial charge in [0.05, 0.1) is 12.8 Å². The van der Waals surface area contributed by atoms with Crippen molar-refractivity contribution in [2.24, 2.45) is 5.73 Å². The molecule has 1 amide bonds. The van der Waals surface area contributed by atoms with E-state index in [0.717, 1.165) is 22.6 Å². The van der Waals surface area contributed by atoms with Crippen LogP contribution >= 0.6 is 0 Å². The average Bonchev–Trinajstić information content (AvgIpc) is 2.31. The van der Waals surface area contributed by atoms with Crippen LogP contribution in [0.4, 0.5) is 4.79 Å². The molecule has 0 unspecified atom stereocenters. The first-order chi connectivity index (χ1) is 8.56. The molecule has 6 heteroatoms. The number of aryl methyl sites for hydroxylation is 1. The van der Waals surface area contributed by atoms with E-state index in [1.807, 2.05) is 13.8 Å². The Morgan fingerprint density at radius 1 is 1.50 bits per heavy atom. The maximum atomic E-state index is 10.4. The van der Waals surface area contributed by atoms with Crippen molar-refractivity contribution < 1.29 is 14.3 Å². The Balaban J connectivity index is 2.50. The van der Waals surface area contributed by atoms with Crippen LogP contribution < -0.4 is 15.8 Å². The molecule has 0 atom stereocenters. The van der Waals surface area contributed by atoms with Gasteiger partial charge in [0, 0.05) is 30.4 Å². The number of rotatable bonds is 6. The molecule has 0 radical (unpaired) electrons. The molecule has 3 N–H and O–H groups in total. The van der Waals surface area contributed by atoms with Crippen LogP contribution in [-0.4, -0.2) is 31.3 Å². The predicted octanol–water partition coefficient (Wildman–Crippen LogP) is 0.892. The average molecular weight is 253 g/mol. The van der Waals surface area contributed by atoms with Crippen molar-refractivity contribution in [3.05, 3.63) is 23.0 Å². The fourth-order valence-electron chi connectivity index (χ4n) is 1.68. The van der Waals surface area contributed by atoms with Crippen LogP contribution in [0.15, 0.2) is 6.20 Å². The standard InChI is InChI=1S/C12H19N3O3/c1-8-6-15-10(9(2)11(8)17-3)7-14-4-5-18-12(13)16/h6,14H,4-5,7H2,1-3H3,(H2,13,16). The molecule has 1 rings (SSSR count). The summed E-state index contributed by atoms with van der Waals surface area (Å²) in [6.07, 6.45) is 1.02. The van der Waals surface area contributed by atoms with Crippen molar-refractivity contribution in [3.63, 3.8) is 0 Å². The third-order valence-electron chi connectivity index (χ3n) is 2.57. The van der Waals surface area contributed by atoms with Crippen LogP contribution in [-0.2, 0) is 11.3 Å². The van der Waals surface area contributed by atoms with Gasteiger partial charge in [-0.3, -0.25) is 4.98 Å². The van der Waals surface area contributed by atoms with Gasteiger partial charge in [0.25, 0.3) is 0 Å². The summed E-state index contributed by atoms with van der Waals surface area (Å²) < 4.78 is 9.93. The summed E-state index contributed by atoms with van der Waals surface area (Å²) in [4.78, 5) is 14.7. The number of pyridine rings is 1. The van der Waals surface area contributed by atoms with Crippen molar-refractivity contribution in [3.8, 4) is 5.75 Å². The summed E-state index contributed by atoms with van der Waals surface area (Å²) in [6.45, 7) is 5.29. The topological polar surface area (TPSA) is 86.5 Å². The van der Waals surface area contributed by atoms with Gasteiger partial charge >= 0.3 is 6.09 Å².